The summed E-state index contributed by atoms with van der Waals surface area (Å²) in [5.74, 6) is 0.0850. The molecule has 1 N–H and O–H groups in total. The van der Waals surface area contributed by atoms with Gasteiger partial charge in [-0.25, -0.2) is 0 Å². The molecule has 0 radical (unpaired) electrons. The molecule has 0 aliphatic carbocycles. The van der Waals surface area contributed by atoms with Crippen molar-refractivity contribution in [2.45, 2.75) is 0 Å². The van der Waals surface area contributed by atoms with Crippen molar-refractivity contribution in [1.82, 2.24) is 0 Å². The van der Waals surface area contributed by atoms with Crippen LogP contribution in [0.2, 0.25) is 5.02 Å². The van der Waals surface area contributed by atoms with E-state index >= 15 is 0 Å². The number of aromatic hydroxyl groups is 1. The molecule has 1 aromatic rings. The Bertz CT molecular complexity index is 398. The fourth-order valence-corrected chi connectivity index (χ4v) is 1.28. The van der Waals surface area contributed by atoms with E-state index in [2.05, 4.69) is 0 Å². The number of nitriles is 1. The minimum atomic E-state index is -0.306. The molecule has 0 saturated heterocycles. The van der Waals surface area contributed by atoms with Gasteiger partial charge in [-0.05, 0) is 0 Å². The molecule has 0 atom stereocenters. The van der Waals surface area contributed by atoms with E-state index in [-0.39, 0.29) is 27.8 Å². The Balaban J connectivity index is 3.49. The maximum Gasteiger partial charge on any atom is 0.204 e. The predicted octanol–water partition coefficient (Wildman–Crippen LogP) is 1.93. The van der Waals surface area contributed by atoms with Crippen molar-refractivity contribution in [3.63, 3.8) is 0 Å². The monoisotopic (exact) mass is 213 g/mol. The van der Waals surface area contributed by atoms with Crippen LogP contribution in [0.15, 0.2) is 6.07 Å². The highest BCUT2D eigenvalue weighted by Gasteiger charge is 2.17. The van der Waals surface area contributed by atoms with Gasteiger partial charge in [0.1, 0.15) is 11.6 Å². The molecule has 14 heavy (non-hydrogen) atoms. The molecule has 0 aromatic heterocycles. The lowest BCUT2D eigenvalue weighted by Gasteiger charge is -2.10. The van der Waals surface area contributed by atoms with Gasteiger partial charge in [0.05, 0.1) is 19.2 Å². The first-order chi connectivity index (χ1) is 6.65. The molecular formula is C9H8ClNO3. The Labute approximate surface area is 86.2 Å². The third-order valence-corrected chi connectivity index (χ3v) is 2.01. The average Bonchev–Trinajstić information content (AvgIpc) is 2.17. The number of rotatable bonds is 2. The van der Waals surface area contributed by atoms with Gasteiger partial charge in [-0.1, -0.05) is 11.6 Å². The average molecular weight is 214 g/mol. The van der Waals surface area contributed by atoms with Crippen molar-refractivity contribution in [2.24, 2.45) is 0 Å². The first-order valence-electron chi connectivity index (χ1n) is 3.69. The zero-order valence-electron chi connectivity index (χ0n) is 7.67. The van der Waals surface area contributed by atoms with Crippen LogP contribution in [0.25, 0.3) is 0 Å². The molecule has 0 spiro atoms. The van der Waals surface area contributed by atoms with E-state index in [1.165, 1.54) is 20.3 Å². The summed E-state index contributed by atoms with van der Waals surface area (Å²) in [5.41, 5.74) is -0.0238. The molecule has 0 saturated carbocycles. The smallest absolute Gasteiger partial charge is 0.204 e. The van der Waals surface area contributed by atoms with Crippen molar-refractivity contribution in [3.8, 4) is 23.3 Å². The van der Waals surface area contributed by atoms with Gasteiger partial charge in [0.2, 0.25) is 5.75 Å². The molecule has 4 nitrogen and oxygen atoms in total. The molecule has 5 heteroatoms. The SMILES string of the molecule is COc1cc(Cl)c(C#N)c(O)c1OC. The number of methoxy groups -OCH3 is 2. The largest absolute Gasteiger partial charge is 0.503 e. The normalized spacial score (nSPS) is 9.29. The highest BCUT2D eigenvalue weighted by Crippen LogP contribution is 2.42. The maximum atomic E-state index is 9.57. The highest BCUT2D eigenvalue weighted by molar-refractivity contribution is 6.32. The lowest BCUT2D eigenvalue weighted by atomic mass is 10.2. The molecular weight excluding hydrogens is 206 g/mol. The van der Waals surface area contributed by atoms with Crippen LogP contribution in [0, 0.1) is 11.3 Å². The fourth-order valence-electron chi connectivity index (χ4n) is 1.05. The fraction of sp³-hybridized carbons (Fsp3) is 0.222. The van der Waals surface area contributed by atoms with E-state index in [9.17, 15) is 5.11 Å². The molecule has 0 amide bonds. The molecule has 74 valence electrons. The Hall–Kier alpha value is -1.60. The first kappa shape index (κ1) is 10.5. The highest BCUT2D eigenvalue weighted by atomic mass is 35.5. The zero-order valence-corrected chi connectivity index (χ0v) is 8.42. The Morgan fingerprint density at radius 1 is 1.43 bits per heavy atom. The number of hydrogen-bond donors (Lipinski definition) is 1. The van der Waals surface area contributed by atoms with Gasteiger partial charge in [-0.15, -0.1) is 0 Å². The molecule has 0 bridgehead atoms. The summed E-state index contributed by atoms with van der Waals surface area (Å²) in [6, 6.07) is 3.19. The second-order valence-electron chi connectivity index (χ2n) is 2.43. The van der Waals surface area contributed by atoms with Crippen molar-refractivity contribution < 1.29 is 14.6 Å². The lowest BCUT2D eigenvalue weighted by Crippen LogP contribution is -1.93. The van der Waals surface area contributed by atoms with E-state index < -0.39 is 0 Å². The third kappa shape index (κ3) is 1.54. The van der Waals surface area contributed by atoms with Crippen molar-refractivity contribution in [2.75, 3.05) is 14.2 Å². The zero-order chi connectivity index (χ0) is 10.7. The van der Waals surface area contributed by atoms with Gasteiger partial charge in [0, 0.05) is 6.07 Å². The van der Waals surface area contributed by atoms with E-state index in [1.54, 1.807) is 6.07 Å². The van der Waals surface area contributed by atoms with Crippen LogP contribution in [-0.4, -0.2) is 19.3 Å². The summed E-state index contributed by atoms with van der Waals surface area (Å²) in [4.78, 5) is 0. The second kappa shape index (κ2) is 4.07. The Kier molecular flexibility index (Phi) is 3.05. The van der Waals surface area contributed by atoms with Crippen molar-refractivity contribution in [1.29, 1.82) is 5.26 Å². The van der Waals surface area contributed by atoms with Crippen LogP contribution in [-0.2, 0) is 0 Å². The summed E-state index contributed by atoms with van der Waals surface area (Å²) in [5, 5.41) is 18.4. The molecule has 1 rings (SSSR count). The topological polar surface area (TPSA) is 62.5 Å². The molecule has 0 aliphatic heterocycles. The number of halogens is 1. The minimum Gasteiger partial charge on any atom is -0.503 e. The number of ether oxygens (including phenoxy) is 2. The van der Waals surface area contributed by atoms with Gasteiger partial charge in [0.15, 0.2) is 11.5 Å². The lowest BCUT2D eigenvalue weighted by molar-refractivity contribution is 0.332. The predicted molar refractivity (Wildman–Crippen MR) is 50.9 cm³/mol. The van der Waals surface area contributed by atoms with E-state index in [0.717, 1.165) is 0 Å². The van der Waals surface area contributed by atoms with Crippen LogP contribution < -0.4 is 9.47 Å². The Morgan fingerprint density at radius 2 is 2.07 bits per heavy atom. The van der Waals surface area contributed by atoms with Gasteiger partial charge in [0.25, 0.3) is 0 Å². The number of phenolic OH excluding ortho intramolecular Hbond substituents is 1. The number of phenols is 1. The second-order valence-corrected chi connectivity index (χ2v) is 2.84. The summed E-state index contributed by atoms with van der Waals surface area (Å²) >= 11 is 5.72. The van der Waals surface area contributed by atoms with Crippen LogP contribution >= 0.6 is 11.6 Å². The van der Waals surface area contributed by atoms with E-state index in [1.807, 2.05) is 0 Å². The van der Waals surface area contributed by atoms with E-state index in [0.29, 0.717) is 0 Å². The quantitative estimate of drug-likeness (QED) is 0.816. The van der Waals surface area contributed by atoms with Crippen LogP contribution in [0.1, 0.15) is 5.56 Å². The molecule has 0 heterocycles. The van der Waals surface area contributed by atoms with Gasteiger partial charge < -0.3 is 14.6 Å². The van der Waals surface area contributed by atoms with Crippen LogP contribution in [0.5, 0.6) is 17.2 Å². The molecule has 0 aliphatic rings. The number of benzene rings is 1. The summed E-state index contributed by atoms with van der Waals surface area (Å²) in [6.07, 6.45) is 0. The standard InChI is InChI=1S/C9H8ClNO3/c1-13-7-3-6(10)5(4-11)8(12)9(7)14-2/h3,12H,1-2H3. The van der Waals surface area contributed by atoms with Crippen LogP contribution in [0.4, 0.5) is 0 Å². The third-order valence-electron chi connectivity index (χ3n) is 1.71. The van der Waals surface area contributed by atoms with E-state index in [4.69, 9.17) is 26.3 Å². The maximum absolute atomic E-state index is 9.57. The first-order valence-corrected chi connectivity index (χ1v) is 4.07. The molecule has 1 aromatic carbocycles. The van der Waals surface area contributed by atoms with Gasteiger partial charge in [-0.2, -0.15) is 5.26 Å². The van der Waals surface area contributed by atoms with Gasteiger partial charge in [-0.3, -0.25) is 0 Å². The van der Waals surface area contributed by atoms with Crippen molar-refractivity contribution >= 4 is 11.6 Å². The molecule has 0 fully saturated rings. The summed E-state index contributed by atoms with van der Waals surface area (Å²) < 4.78 is 9.80. The molecule has 0 unspecified atom stereocenters. The minimum absolute atomic E-state index is 0.0238. The number of nitrogens with zero attached hydrogens (tertiary/aromatic N) is 1. The number of hydrogen-bond acceptors (Lipinski definition) is 4. The summed E-state index contributed by atoms with van der Waals surface area (Å²) in [6.45, 7) is 0. The summed E-state index contributed by atoms with van der Waals surface area (Å²) in [7, 11) is 2.78. The van der Waals surface area contributed by atoms with Gasteiger partial charge >= 0.3 is 0 Å². The Morgan fingerprint density at radius 3 is 2.50 bits per heavy atom. The van der Waals surface area contributed by atoms with Crippen LogP contribution in [0.3, 0.4) is 0 Å². The van der Waals surface area contributed by atoms with Crippen molar-refractivity contribution in [3.05, 3.63) is 16.7 Å².